The van der Waals surface area contributed by atoms with Gasteiger partial charge in [0, 0.05) is 34.6 Å². The van der Waals surface area contributed by atoms with Crippen molar-refractivity contribution in [1.82, 2.24) is 9.38 Å². The number of nitrogens with two attached hydrogens (primary N) is 1. The third kappa shape index (κ3) is 4.01. The molecule has 2 N–H and O–H groups in total. The molecule has 1 aliphatic rings. The number of ether oxygens (including phenoxy) is 1. The van der Waals surface area contributed by atoms with Gasteiger partial charge in [-0.25, -0.2) is 4.98 Å². The Bertz CT molecular complexity index is 1360. The number of hydrogen-bond acceptors (Lipinski definition) is 4. The molecule has 5 nitrogen and oxygen atoms in total. The molecule has 0 unspecified atom stereocenters. The molecule has 0 aliphatic carbocycles. The van der Waals surface area contributed by atoms with Crippen molar-refractivity contribution in [3.63, 3.8) is 0 Å². The van der Waals surface area contributed by atoms with Crippen LogP contribution in [0.5, 0.6) is 0 Å². The number of carbonyl (C=O) groups excluding carboxylic acids is 1. The van der Waals surface area contributed by atoms with Gasteiger partial charge in [0.25, 0.3) is 0 Å². The lowest BCUT2D eigenvalue weighted by Crippen LogP contribution is -2.45. The first-order chi connectivity index (χ1) is 15.9. The lowest BCUT2D eigenvalue weighted by atomic mass is 9.73. The zero-order valence-electron chi connectivity index (χ0n) is 18.7. The van der Waals surface area contributed by atoms with Gasteiger partial charge < -0.3 is 10.5 Å². The first-order valence-corrected chi connectivity index (χ1v) is 12.3. The Labute approximate surface area is 202 Å². The van der Waals surface area contributed by atoms with Crippen LogP contribution >= 0.6 is 23.4 Å². The van der Waals surface area contributed by atoms with Crippen LogP contribution in [0.2, 0.25) is 5.15 Å². The van der Waals surface area contributed by atoms with E-state index in [2.05, 4.69) is 55.2 Å². The smallest absolute Gasteiger partial charge is 0.228 e. The molecular formula is C26H26ClN3O2S. The molecule has 0 atom stereocenters. The lowest BCUT2D eigenvalue weighted by Gasteiger charge is -2.34. The number of primary amides is 1. The molecule has 2 aromatic heterocycles. The van der Waals surface area contributed by atoms with Crippen molar-refractivity contribution in [2.24, 2.45) is 5.73 Å². The number of hydrogen-bond donors (Lipinski definition) is 1. The molecule has 7 heteroatoms. The Morgan fingerprint density at radius 3 is 2.64 bits per heavy atom. The predicted molar refractivity (Wildman–Crippen MR) is 133 cm³/mol. The summed E-state index contributed by atoms with van der Waals surface area (Å²) in [5, 5.41) is 1.68. The minimum absolute atomic E-state index is 0.278. The monoisotopic (exact) mass is 479 g/mol. The molecule has 1 fully saturated rings. The molecule has 1 aliphatic heterocycles. The molecule has 0 saturated carbocycles. The average Bonchev–Trinajstić information content (AvgIpc) is 3.19. The van der Waals surface area contributed by atoms with Gasteiger partial charge in [-0.15, -0.1) is 0 Å². The van der Waals surface area contributed by atoms with Crippen LogP contribution in [0.25, 0.3) is 16.6 Å². The van der Waals surface area contributed by atoms with E-state index in [-0.39, 0.29) is 5.91 Å². The molecular weight excluding hydrogens is 454 g/mol. The average molecular weight is 480 g/mol. The maximum Gasteiger partial charge on any atom is 0.228 e. The van der Waals surface area contributed by atoms with Gasteiger partial charge in [-0.1, -0.05) is 55.4 Å². The second-order valence-corrected chi connectivity index (χ2v) is 10.4. The highest BCUT2D eigenvalue weighted by molar-refractivity contribution is 7.99. The van der Waals surface area contributed by atoms with Crippen LogP contribution in [0.3, 0.4) is 0 Å². The molecule has 0 bridgehead atoms. The van der Waals surface area contributed by atoms with E-state index >= 15 is 0 Å². The molecule has 0 radical (unpaired) electrons. The van der Waals surface area contributed by atoms with Gasteiger partial charge in [-0.3, -0.25) is 9.20 Å². The number of amides is 1. The first-order valence-electron chi connectivity index (χ1n) is 11.1. The summed E-state index contributed by atoms with van der Waals surface area (Å²) < 4.78 is 7.55. The van der Waals surface area contributed by atoms with Crippen molar-refractivity contribution in [2.75, 3.05) is 13.2 Å². The molecule has 1 amide bonds. The number of pyridine rings is 1. The van der Waals surface area contributed by atoms with Gasteiger partial charge >= 0.3 is 0 Å². The number of fused-ring (bicyclic) bond motifs is 3. The lowest BCUT2D eigenvalue weighted by molar-refractivity contribution is -0.127. The maximum atomic E-state index is 12.4. The standard InChI is InChI=1S/C26H26ClN3O2S/c1-16(2)21-14-24-29-23(27)15-30(24)22-13-19(6-7-20(21)22)33-18-5-3-4-17(12-18)26(25(28)31)8-10-32-11-9-26/h3-7,12-16H,8-11H2,1-2H3,(H2,28,31). The van der Waals surface area contributed by atoms with Gasteiger partial charge in [-0.2, -0.15) is 0 Å². The van der Waals surface area contributed by atoms with E-state index in [1.165, 1.54) is 10.9 Å². The fourth-order valence-corrected chi connectivity index (χ4v) is 5.86. The van der Waals surface area contributed by atoms with E-state index in [1.807, 2.05) is 22.7 Å². The second-order valence-electron chi connectivity index (χ2n) is 8.91. The van der Waals surface area contributed by atoms with Crippen LogP contribution in [0.4, 0.5) is 0 Å². The van der Waals surface area contributed by atoms with Crippen LogP contribution in [-0.4, -0.2) is 28.5 Å². The van der Waals surface area contributed by atoms with E-state index in [0.717, 1.165) is 26.5 Å². The van der Waals surface area contributed by atoms with Crippen molar-refractivity contribution in [3.8, 4) is 0 Å². The summed E-state index contributed by atoms with van der Waals surface area (Å²) in [6.07, 6.45) is 3.09. The minimum atomic E-state index is -0.663. The SMILES string of the molecule is CC(C)c1cc2nc(Cl)cn2c2cc(Sc3cccc(C4(C(N)=O)CCOCC4)c3)ccc12. The Hall–Kier alpha value is -2.54. The summed E-state index contributed by atoms with van der Waals surface area (Å²) in [4.78, 5) is 19.1. The molecule has 170 valence electrons. The van der Waals surface area contributed by atoms with Gasteiger partial charge in [-0.05, 0) is 60.2 Å². The van der Waals surface area contributed by atoms with Gasteiger partial charge in [0.1, 0.15) is 10.8 Å². The summed E-state index contributed by atoms with van der Waals surface area (Å²) in [5.74, 6) is 0.0897. The zero-order chi connectivity index (χ0) is 23.2. The topological polar surface area (TPSA) is 69.6 Å². The minimum Gasteiger partial charge on any atom is -0.381 e. The fourth-order valence-electron chi connectivity index (χ4n) is 4.76. The number of benzene rings is 2. The first kappa shape index (κ1) is 22.3. The third-order valence-electron chi connectivity index (χ3n) is 6.59. The Kier molecular flexibility index (Phi) is 5.85. The predicted octanol–water partition coefficient (Wildman–Crippen LogP) is 5.95. The summed E-state index contributed by atoms with van der Waals surface area (Å²) >= 11 is 7.90. The van der Waals surface area contributed by atoms with Crippen LogP contribution in [0.1, 0.15) is 43.7 Å². The number of halogens is 1. The molecule has 4 aromatic rings. The van der Waals surface area contributed by atoms with Crippen molar-refractivity contribution in [2.45, 2.75) is 47.8 Å². The van der Waals surface area contributed by atoms with E-state index in [9.17, 15) is 4.79 Å². The summed E-state index contributed by atoms with van der Waals surface area (Å²) in [6, 6.07) is 16.8. The van der Waals surface area contributed by atoms with Crippen molar-refractivity contribution < 1.29 is 9.53 Å². The van der Waals surface area contributed by atoms with Crippen molar-refractivity contribution >= 4 is 45.8 Å². The normalized spacial score (nSPS) is 16.0. The van der Waals surface area contributed by atoms with Crippen LogP contribution < -0.4 is 5.73 Å². The highest BCUT2D eigenvalue weighted by atomic mass is 35.5. The highest BCUT2D eigenvalue weighted by Gasteiger charge is 2.40. The fraction of sp³-hybridized carbons (Fsp3) is 0.308. The third-order valence-corrected chi connectivity index (χ3v) is 7.75. The number of aromatic nitrogens is 2. The summed E-state index contributed by atoms with van der Waals surface area (Å²) in [7, 11) is 0. The van der Waals surface area contributed by atoms with Crippen molar-refractivity contribution in [1.29, 1.82) is 0 Å². The quantitative estimate of drug-likeness (QED) is 0.384. The van der Waals surface area contributed by atoms with E-state index < -0.39 is 5.41 Å². The Balaban J connectivity index is 1.55. The van der Waals surface area contributed by atoms with E-state index in [0.29, 0.717) is 37.1 Å². The Morgan fingerprint density at radius 2 is 1.91 bits per heavy atom. The van der Waals surface area contributed by atoms with Gasteiger partial charge in [0.2, 0.25) is 5.91 Å². The van der Waals surface area contributed by atoms with Crippen LogP contribution in [0.15, 0.2) is 64.5 Å². The van der Waals surface area contributed by atoms with Gasteiger partial charge in [0.05, 0.1) is 10.9 Å². The zero-order valence-corrected chi connectivity index (χ0v) is 20.2. The summed E-state index contributed by atoms with van der Waals surface area (Å²) in [5.41, 5.74) is 9.36. The number of carbonyl (C=O) groups is 1. The molecule has 5 rings (SSSR count). The molecule has 2 aromatic carbocycles. The molecule has 3 heterocycles. The van der Waals surface area contributed by atoms with Crippen molar-refractivity contribution in [3.05, 3.63) is 71.0 Å². The van der Waals surface area contributed by atoms with Crippen LogP contribution in [0, 0.1) is 0 Å². The number of nitrogens with zero attached hydrogens (tertiary/aromatic N) is 2. The Morgan fingerprint density at radius 1 is 1.15 bits per heavy atom. The molecule has 1 saturated heterocycles. The van der Waals surface area contributed by atoms with Crippen LogP contribution in [-0.2, 0) is 14.9 Å². The maximum absolute atomic E-state index is 12.4. The van der Waals surface area contributed by atoms with Gasteiger partial charge in [0.15, 0.2) is 0 Å². The largest absolute Gasteiger partial charge is 0.381 e. The summed E-state index contributed by atoms with van der Waals surface area (Å²) in [6.45, 7) is 5.48. The van der Waals surface area contributed by atoms with E-state index in [1.54, 1.807) is 11.8 Å². The number of imidazole rings is 1. The van der Waals surface area contributed by atoms with E-state index in [4.69, 9.17) is 22.1 Å². The second kappa shape index (κ2) is 8.67. The molecule has 33 heavy (non-hydrogen) atoms. The highest BCUT2D eigenvalue weighted by Crippen LogP contribution is 2.39. The molecule has 0 spiro atoms. The number of rotatable bonds is 5.